The summed E-state index contributed by atoms with van der Waals surface area (Å²) in [7, 11) is 1.72. The van der Waals surface area contributed by atoms with Crippen molar-refractivity contribution in [2.24, 2.45) is 0 Å². The number of rotatable bonds is 3. The van der Waals surface area contributed by atoms with Crippen molar-refractivity contribution >= 4 is 28.5 Å². The summed E-state index contributed by atoms with van der Waals surface area (Å²) in [6, 6.07) is 11.6. The van der Waals surface area contributed by atoms with Gasteiger partial charge in [0.05, 0.1) is 15.9 Å². The number of hydrogen-bond acceptors (Lipinski definition) is 4. The molecule has 1 N–H and O–H groups in total. The molecule has 0 atom stereocenters. The molecule has 0 fully saturated rings. The van der Waals surface area contributed by atoms with Gasteiger partial charge in [-0.05, 0) is 24.3 Å². The molecular weight excluding hydrogens is 293 g/mol. The number of aromatic nitrogens is 2. The van der Waals surface area contributed by atoms with Gasteiger partial charge in [0.25, 0.3) is 0 Å². The minimum atomic E-state index is -0.493. The van der Waals surface area contributed by atoms with E-state index in [1.165, 1.54) is 18.2 Å². The van der Waals surface area contributed by atoms with Gasteiger partial charge in [0, 0.05) is 13.1 Å². The molecule has 4 nitrogen and oxygen atoms in total. The first-order chi connectivity index (χ1) is 10.2. The largest absolute Gasteiger partial charge is 0.438 e. The van der Waals surface area contributed by atoms with Gasteiger partial charge in [-0.25, -0.2) is 9.37 Å². The molecular formula is C15H11ClFN3O. The molecule has 0 bridgehead atoms. The summed E-state index contributed by atoms with van der Waals surface area (Å²) >= 11 is 5.76. The monoisotopic (exact) mass is 303 g/mol. The molecule has 1 heterocycles. The van der Waals surface area contributed by atoms with E-state index in [1.807, 2.05) is 24.3 Å². The predicted octanol–water partition coefficient (Wildman–Crippen LogP) is 4.26. The number of para-hydroxylation sites is 1. The normalized spacial score (nSPS) is 10.6. The smallest absolute Gasteiger partial charge is 0.231 e. The van der Waals surface area contributed by atoms with Gasteiger partial charge in [0.15, 0.2) is 0 Å². The van der Waals surface area contributed by atoms with E-state index in [9.17, 15) is 4.39 Å². The number of hydrogen-bond donors (Lipinski definition) is 1. The Labute approximate surface area is 125 Å². The third-order valence-corrected chi connectivity index (χ3v) is 3.19. The van der Waals surface area contributed by atoms with Crippen LogP contribution in [0.3, 0.4) is 0 Å². The minimum absolute atomic E-state index is 0.000276. The van der Waals surface area contributed by atoms with Crippen LogP contribution in [0.15, 0.2) is 42.5 Å². The first-order valence-electron chi connectivity index (χ1n) is 6.25. The second-order valence-electron chi connectivity index (χ2n) is 4.30. The molecule has 0 radical (unpaired) electrons. The van der Waals surface area contributed by atoms with Crippen LogP contribution < -0.4 is 10.1 Å². The summed E-state index contributed by atoms with van der Waals surface area (Å²) in [5, 5.41) is 3.64. The van der Waals surface area contributed by atoms with E-state index in [0.717, 1.165) is 10.9 Å². The first kappa shape index (κ1) is 13.6. The van der Waals surface area contributed by atoms with E-state index in [0.29, 0.717) is 17.6 Å². The van der Waals surface area contributed by atoms with Crippen molar-refractivity contribution in [3.63, 3.8) is 0 Å². The Hall–Kier alpha value is -2.40. The zero-order chi connectivity index (χ0) is 14.8. The average molecular weight is 304 g/mol. The van der Waals surface area contributed by atoms with Crippen molar-refractivity contribution in [3.05, 3.63) is 53.3 Å². The van der Waals surface area contributed by atoms with Crippen molar-refractivity contribution in [2.75, 3.05) is 12.4 Å². The Balaban J connectivity index is 2.08. The maximum atomic E-state index is 13.2. The second kappa shape index (κ2) is 5.54. The third kappa shape index (κ3) is 2.73. The second-order valence-corrected chi connectivity index (χ2v) is 4.70. The zero-order valence-electron chi connectivity index (χ0n) is 11.1. The van der Waals surface area contributed by atoms with Gasteiger partial charge in [-0.1, -0.05) is 23.7 Å². The fourth-order valence-corrected chi connectivity index (χ4v) is 2.06. The molecule has 0 saturated carbocycles. The van der Waals surface area contributed by atoms with Crippen molar-refractivity contribution in [1.29, 1.82) is 0 Å². The molecule has 3 aromatic rings. The number of halogens is 2. The standard InChI is InChI=1S/C15H11ClFN3O/c1-18-15-19-13-5-3-2-4-10(13)14(20-15)21-9-6-7-12(17)11(16)8-9/h2-8H,1H3,(H,18,19,20). The molecule has 0 unspecified atom stereocenters. The van der Waals surface area contributed by atoms with Gasteiger partial charge in [-0.15, -0.1) is 0 Å². The summed E-state index contributed by atoms with van der Waals surface area (Å²) in [5.74, 6) is 0.740. The van der Waals surface area contributed by atoms with E-state index in [4.69, 9.17) is 16.3 Å². The Morgan fingerprint density at radius 3 is 2.71 bits per heavy atom. The SMILES string of the molecule is CNc1nc(Oc2ccc(F)c(Cl)c2)c2ccccc2n1. The highest BCUT2D eigenvalue weighted by Gasteiger charge is 2.10. The summed E-state index contributed by atoms with van der Waals surface area (Å²) < 4.78 is 18.9. The summed E-state index contributed by atoms with van der Waals surface area (Å²) in [5.41, 5.74) is 0.750. The van der Waals surface area contributed by atoms with Crippen LogP contribution in [0.25, 0.3) is 10.9 Å². The van der Waals surface area contributed by atoms with Gasteiger partial charge < -0.3 is 10.1 Å². The quantitative estimate of drug-likeness (QED) is 0.785. The van der Waals surface area contributed by atoms with E-state index >= 15 is 0 Å². The lowest BCUT2D eigenvalue weighted by Gasteiger charge is -2.10. The molecule has 2 aromatic carbocycles. The van der Waals surface area contributed by atoms with Gasteiger partial charge in [-0.3, -0.25) is 0 Å². The number of nitrogens with one attached hydrogen (secondary N) is 1. The molecule has 0 aliphatic rings. The van der Waals surface area contributed by atoms with Crippen LogP contribution in [-0.4, -0.2) is 17.0 Å². The van der Waals surface area contributed by atoms with E-state index in [1.54, 1.807) is 7.05 Å². The van der Waals surface area contributed by atoms with E-state index in [-0.39, 0.29) is 5.02 Å². The molecule has 0 aliphatic carbocycles. The maximum Gasteiger partial charge on any atom is 0.231 e. The van der Waals surface area contributed by atoms with Crippen molar-refractivity contribution in [2.45, 2.75) is 0 Å². The Morgan fingerprint density at radius 1 is 1.14 bits per heavy atom. The van der Waals surface area contributed by atoms with Crippen LogP contribution in [0.1, 0.15) is 0 Å². The lowest BCUT2D eigenvalue weighted by molar-refractivity contribution is 0.467. The van der Waals surface area contributed by atoms with E-state index in [2.05, 4.69) is 15.3 Å². The van der Waals surface area contributed by atoms with Crippen LogP contribution in [0.2, 0.25) is 5.02 Å². The molecule has 0 aliphatic heterocycles. The van der Waals surface area contributed by atoms with Crippen molar-refractivity contribution < 1.29 is 9.13 Å². The zero-order valence-corrected chi connectivity index (χ0v) is 11.9. The minimum Gasteiger partial charge on any atom is -0.438 e. The predicted molar refractivity (Wildman–Crippen MR) is 80.6 cm³/mol. The lowest BCUT2D eigenvalue weighted by Crippen LogP contribution is -1.99. The summed E-state index contributed by atoms with van der Waals surface area (Å²) in [4.78, 5) is 8.62. The molecule has 0 amide bonds. The number of anilines is 1. The fourth-order valence-electron chi connectivity index (χ4n) is 1.89. The topological polar surface area (TPSA) is 47.0 Å². The molecule has 21 heavy (non-hydrogen) atoms. The van der Waals surface area contributed by atoms with Crippen LogP contribution in [0.5, 0.6) is 11.6 Å². The van der Waals surface area contributed by atoms with Crippen molar-refractivity contribution in [1.82, 2.24) is 9.97 Å². The highest BCUT2D eigenvalue weighted by molar-refractivity contribution is 6.30. The van der Waals surface area contributed by atoms with Gasteiger partial charge in [0.2, 0.25) is 11.8 Å². The molecule has 0 spiro atoms. The molecule has 6 heteroatoms. The van der Waals surface area contributed by atoms with Crippen LogP contribution >= 0.6 is 11.6 Å². The molecule has 106 valence electrons. The van der Waals surface area contributed by atoms with Crippen LogP contribution in [0, 0.1) is 5.82 Å². The Bertz CT molecular complexity index is 810. The molecule has 1 aromatic heterocycles. The number of fused-ring (bicyclic) bond motifs is 1. The van der Waals surface area contributed by atoms with Gasteiger partial charge in [-0.2, -0.15) is 4.98 Å². The van der Waals surface area contributed by atoms with Crippen LogP contribution in [-0.2, 0) is 0 Å². The van der Waals surface area contributed by atoms with Crippen LogP contribution in [0.4, 0.5) is 10.3 Å². The number of ether oxygens (including phenoxy) is 1. The highest BCUT2D eigenvalue weighted by Crippen LogP contribution is 2.30. The number of nitrogens with zero attached hydrogens (tertiary/aromatic N) is 2. The average Bonchev–Trinajstić information content (AvgIpc) is 2.51. The highest BCUT2D eigenvalue weighted by atomic mass is 35.5. The van der Waals surface area contributed by atoms with Gasteiger partial charge >= 0.3 is 0 Å². The summed E-state index contributed by atoms with van der Waals surface area (Å²) in [6.07, 6.45) is 0. The van der Waals surface area contributed by atoms with Crippen molar-refractivity contribution in [3.8, 4) is 11.6 Å². The van der Waals surface area contributed by atoms with Gasteiger partial charge in [0.1, 0.15) is 11.6 Å². The van der Waals surface area contributed by atoms with E-state index < -0.39 is 5.82 Å². The molecule has 0 saturated heterocycles. The Morgan fingerprint density at radius 2 is 1.95 bits per heavy atom. The number of benzene rings is 2. The fraction of sp³-hybridized carbons (Fsp3) is 0.0667. The first-order valence-corrected chi connectivity index (χ1v) is 6.62. The lowest BCUT2D eigenvalue weighted by atomic mass is 10.2. The Kier molecular flexibility index (Phi) is 3.58. The molecule has 3 rings (SSSR count). The summed E-state index contributed by atoms with van der Waals surface area (Å²) in [6.45, 7) is 0. The maximum absolute atomic E-state index is 13.2. The third-order valence-electron chi connectivity index (χ3n) is 2.90.